The smallest absolute Gasteiger partial charge is 0.230 e. The zero-order valence-corrected chi connectivity index (χ0v) is 19.3. The summed E-state index contributed by atoms with van der Waals surface area (Å²) in [6.07, 6.45) is 7.59. The summed E-state index contributed by atoms with van der Waals surface area (Å²) in [4.78, 5) is 31.9. The van der Waals surface area contributed by atoms with Crippen LogP contribution in [-0.2, 0) is 4.79 Å². The molecule has 1 saturated carbocycles. The van der Waals surface area contributed by atoms with Crippen LogP contribution in [0.1, 0.15) is 25.7 Å². The van der Waals surface area contributed by atoms with Crippen molar-refractivity contribution in [3.63, 3.8) is 0 Å². The number of carbonyl (C=O) groups is 1. The van der Waals surface area contributed by atoms with E-state index in [-0.39, 0.29) is 5.91 Å². The van der Waals surface area contributed by atoms with Gasteiger partial charge in [-0.2, -0.15) is 4.98 Å². The Balaban J connectivity index is 1.24. The van der Waals surface area contributed by atoms with Crippen molar-refractivity contribution in [2.75, 3.05) is 36.6 Å². The van der Waals surface area contributed by atoms with Gasteiger partial charge in [0.15, 0.2) is 5.16 Å². The molecule has 0 unspecified atom stereocenters. The summed E-state index contributed by atoms with van der Waals surface area (Å²) in [5.74, 6) is 2.49. The molecule has 0 radical (unpaired) electrons. The normalized spacial score (nSPS) is 18.3. The summed E-state index contributed by atoms with van der Waals surface area (Å²) in [5, 5.41) is 8.28. The van der Waals surface area contributed by atoms with Crippen LogP contribution in [0.15, 0.2) is 47.9 Å². The van der Waals surface area contributed by atoms with Crippen molar-refractivity contribution >= 4 is 40.3 Å². The van der Waals surface area contributed by atoms with Crippen molar-refractivity contribution < 1.29 is 4.79 Å². The average molecular weight is 452 g/mol. The van der Waals surface area contributed by atoms with Gasteiger partial charge in [-0.25, -0.2) is 15.0 Å². The summed E-state index contributed by atoms with van der Waals surface area (Å²) >= 11 is 1.36. The van der Waals surface area contributed by atoms with Crippen molar-refractivity contribution in [3.8, 4) is 0 Å². The lowest BCUT2D eigenvalue weighted by Gasteiger charge is -2.29. The van der Waals surface area contributed by atoms with Gasteiger partial charge in [-0.3, -0.25) is 4.79 Å². The number of fused-ring (bicyclic) bond motifs is 1. The molecule has 3 aromatic rings. The first kappa shape index (κ1) is 22.3. The molecule has 0 bridgehead atoms. The van der Waals surface area contributed by atoms with Crippen molar-refractivity contribution in [3.05, 3.63) is 42.7 Å². The van der Waals surface area contributed by atoms with Crippen LogP contribution < -0.4 is 15.5 Å². The molecule has 168 valence electrons. The van der Waals surface area contributed by atoms with E-state index < -0.39 is 0 Å². The van der Waals surface area contributed by atoms with Gasteiger partial charge in [0.2, 0.25) is 11.9 Å². The third-order valence-corrected chi connectivity index (χ3v) is 6.52. The van der Waals surface area contributed by atoms with Crippen LogP contribution >= 0.6 is 11.8 Å². The highest BCUT2D eigenvalue weighted by Gasteiger charge is 2.22. The number of hydrogen-bond donors (Lipinski definition) is 2. The minimum absolute atomic E-state index is 0.0310. The van der Waals surface area contributed by atoms with Crippen LogP contribution in [0.5, 0.6) is 0 Å². The van der Waals surface area contributed by atoms with Gasteiger partial charge in [-0.1, -0.05) is 23.9 Å². The summed E-state index contributed by atoms with van der Waals surface area (Å²) in [6, 6.07) is 10.2. The Morgan fingerprint density at radius 3 is 2.56 bits per heavy atom. The highest BCUT2D eigenvalue weighted by molar-refractivity contribution is 7.99. The van der Waals surface area contributed by atoms with Crippen LogP contribution in [0.3, 0.4) is 0 Å². The van der Waals surface area contributed by atoms with E-state index in [1.54, 1.807) is 18.5 Å². The van der Waals surface area contributed by atoms with Gasteiger partial charge in [0, 0.05) is 44.5 Å². The number of hydrogen-bond acceptors (Lipinski definition) is 8. The van der Waals surface area contributed by atoms with Crippen LogP contribution in [-0.4, -0.2) is 58.3 Å². The Labute approximate surface area is 192 Å². The standard InChI is InChI=1S/C23H29N7OS/c1-30(2)21-18-6-3-4-7-19(18)28-22(29-21)27-17-10-8-16(9-11-17)14-26-20(31)15-32-23-24-12-5-13-25-23/h3-7,12-13,16-17H,8-11,14-15H2,1-2H3,(H,26,31)(H,27,28,29). The topological polar surface area (TPSA) is 95.9 Å². The van der Waals surface area contributed by atoms with Gasteiger partial charge >= 0.3 is 0 Å². The fraction of sp³-hybridized carbons (Fsp3) is 0.435. The second-order valence-corrected chi connectivity index (χ2v) is 9.21. The molecule has 0 aliphatic heterocycles. The van der Waals surface area contributed by atoms with Gasteiger partial charge in [0.05, 0.1) is 11.3 Å². The first-order chi connectivity index (χ1) is 15.6. The van der Waals surface area contributed by atoms with Gasteiger partial charge < -0.3 is 15.5 Å². The highest BCUT2D eigenvalue weighted by Crippen LogP contribution is 2.28. The van der Waals surface area contributed by atoms with E-state index in [4.69, 9.17) is 9.97 Å². The first-order valence-corrected chi connectivity index (χ1v) is 11.9. The summed E-state index contributed by atoms with van der Waals surface area (Å²) < 4.78 is 0. The van der Waals surface area contributed by atoms with E-state index in [0.717, 1.165) is 48.9 Å². The SMILES string of the molecule is CN(C)c1nc(NC2CCC(CNC(=O)CSc3ncccn3)CC2)nc2ccccc12. The summed E-state index contributed by atoms with van der Waals surface area (Å²) in [6.45, 7) is 0.721. The molecule has 1 amide bonds. The van der Waals surface area contributed by atoms with E-state index in [1.807, 2.05) is 37.2 Å². The Hall–Kier alpha value is -2.94. The average Bonchev–Trinajstić information content (AvgIpc) is 2.82. The second-order valence-electron chi connectivity index (χ2n) is 8.27. The number of amides is 1. The molecule has 0 saturated heterocycles. The highest BCUT2D eigenvalue weighted by atomic mass is 32.2. The zero-order valence-electron chi connectivity index (χ0n) is 18.5. The maximum absolute atomic E-state index is 12.1. The number of para-hydroxylation sites is 1. The Morgan fingerprint density at radius 2 is 1.81 bits per heavy atom. The van der Waals surface area contributed by atoms with E-state index in [0.29, 0.717) is 28.8 Å². The van der Waals surface area contributed by atoms with E-state index in [9.17, 15) is 4.79 Å². The molecule has 8 nitrogen and oxygen atoms in total. The number of aromatic nitrogens is 4. The van der Waals surface area contributed by atoms with Gasteiger partial charge in [0.25, 0.3) is 0 Å². The fourth-order valence-corrected chi connectivity index (χ4v) is 4.59. The Kier molecular flexibility index (Phi) is 7.36. The van der Waals surface area contributed by atoms with Crippen molar-refractivity contribution in [1.82, 2.24) is 25.3 Å². The molecule has 4 rings (SSSR count). The lowest BCUT2D eigenvalue weighted by atomic mass is 9.86. The van der Waals surface area contributed by atoms with E-state index in [2.05, 4.69) is 26.7 Å². The third-order valence-electron chi connectivity index (χ3n) is 5.65. The minimum atomic E-state index is 0.0310. The monoisotopic (exact) mass is 451 g/mol. The number of carbonyl (C=O) groups excluding carboxylic acids is 1. The third kappa shape index (κ3) is 5.85. The summed E-state index contributed by atoms with van der Waals surface area (Å²) in [7, 11) is 4.01. The second kappa shape index (κ2) is 10.6. The van der Waals surface area contributed by atoms with Crippen LogP contribution in [0, 0.1) is 5.92 Å². The molecule has 0 atom stereocenters. The molecular weight excluding hydrogens is 422 g/mol. The molecule has 1 aliphatic carbocycles. The van der Waals surface area contributed by atoms with Crippen LogP contribution in [0.4, 0.5) is 11.8 Å². The van der Waals surface area contributed by atoms with Crippen molar-refractivity contribution in [1.29, 1.82) is 0 Å². The van der Waals surface area contributed by atoms with E-state index >= 15 is 0 Å². The molecule has 1 fully saturated rings. The number of nitrogens with one attached hydrogen (secondary N) is 2. The largest absolute Gasteiger partial charge is 0.362 e. The quantitative estimate of drug-likeness (QED) is 0.398. The van der Waals surface area contributed by atoms with Crippen molar-refractivity contribution in [2.24, 2.45) is 5.92 Å². The minimum Gasteiger partial charge on any atom is -0.362 e. The van der Waals surface area contributed by atoms with Crippen LogP contribution in [0.25, 0.3) is 10.9 Å². The molecule has 2 heterocycles. The molecule has 32 heavy (non-hydrogen) atoms. The van der Waals surface area contributed by atoms with E-state index in [1.165, 1.54) is 11.8 Å². The van der Waals surface area contributed by atoms with Crippen LogP contribution in [0.2, 0.25) is 0 Å². The molecule has 1 aliphatic rings. The maximum atomic E-state index is 12.1. The molecule has 2 aromatic heterocycles. The number of thioether (sulfide) groups is 1. The predicted octanol–water partition coefficient (Wildman–Crippen LogP) is 3.37. The molecular formula is C23H29N7OS. The maximum Gasteiger partial charge on any atom is 0.230 e. The summed E-state index contributed by atoms with van der Waals surface area (Å²) in [5.41, 5.74) is 0.948. The molecule has 1 aromatic carbocycles. The number of anilines is 2. The Morgan fingerprint density at radius 1 is 1.06 bits per heavy atom. The van der Waals surface area contributed by atoms with Crippen molar-refractivity contribution in [2.45, 2.75) is 36.9 Å². The molecule has 2 N–H and O–H groups in total. The van der Waals surface area contributed by atoms with Gasteiger partial charge in [-0.15, -0.1) is 0 Å². The van der Waals surface area contributed by atoms with Gasteiger partial charge in [0.1, 0.15) is 5.82 Å². The zero-order chi connectivity index (χ0) is 22.3. The first-order valence-electron chi connectivity index (χ1n) is 11.0. The molecule has 9 heteroatoms. The number of nitrogens with zero attached hydrogens (tertiary/aromatic N) is 5. The predicted molar refractivity (Wildman–Crippen MR) is 129 cm³/mol. The lowest BCUT2D eigenvalue weighted by molar-refractivity contribution is -0.118. The van der Waals surface area contributed by atoms with Gasteiger partial charge in [-0.05, 0) is 49.8 Å². The fourth-order valence-electron chi connectivity index (χ4n) is 3.96. The molecule has 0 spiro atoms. The number of rotatable bonds is 8. The number of benzene rings is 1. The Bertz CT molecular complexity index is 1040. The lowest BCUT2D eigenvalue weighted by Crippen LogP contribution is -2.35.